The van der Waals surface area contributed by atoms with Gasteiger partial charge in [-0.1, -0.05) is 30.3 Å². The maximum atomic E-state index is 5.97. The molecule has 0 aliphatic carbocycles. The lowest BCUT2D eigenvalue weighted by molar-refractivity contribution is 0.218. The van der Waals surface area contributed by atoms with Gasteiger partial charge in [-0.25, -0.2) is 0 Å². The number of hydrogen-bond donors (Lipinski definition) is 1. The van der Waals surface area contributed by atoms with Crippen LogP contribution >= 0.6 is 11.3 Å². The van der Waals surface area contributed by atoms with Crippen molar-refractivity contribution in [3.63, 3.8) is 0 Å². The van der Waals surface area contributed by atoms with Gasteiger partial charge >= 0.3 is 0 Å². The fourth-order valence-electron chi connectivity index (χ4n) is 1.86. The van der Waals surface area contributed by atoms with E-state index in [4.69, 9.17) is 10.5 Å². The Kier molecular flexibility index (Phi) is 2.57. The topological polar surface area (TPSA) is 47.6 Å². The summed E-state index contributed by atoms with van der Waals surface area (Å²) in [5.74, 6) is 1.41. The molecule has 3 nitrogen and oxygen atoms in total. The van der Waals surface area contributed by atoms with Gasteiger partial charge in [0.15, 0.2) is 0 Å². The molecule has 0 saturated carbocycles. The molecule has 1 aliphatic rings. The van der Waals surface area contributed by atoms with Crippen LogP contribution in [-0.4, -0.2) is 12.4 Å². The van der Waals surface area contributed by atoms with Crippen molar-refractivity contribution in [2.75, 3.05) is 6.54 Å². The summed E-state index contributed by atoms with van der Waals surface area (Å²) < 4.78 is 5.97. The zero-order valence-electron chi connectivity index (χ0n) is 9.17. The Hall–Kier alpha value is -1.81. The molecular weight excluding hydrogens is 232 g/mol. The summed E-state index contributed by atoms with van der Waals surface area (Å²) in [5, 5.41) is 1.97. The maximum Gasteiger partial charge on any atom is 0.143 e. The Morgan fingerprint density at radius 1 is 1.24 bits per heavy atom. The Labute approximate surface area is 104 Å². The van der Waals surface area contributed by atoms with E-state index in [0.717, 1.165) is 16.2 Å². The highest BCUT2D eigenvalue weighted by molar-refractivity contribution is 7.12. The van der Waals surface area contributed by atoms with Gasteiger partial charge in [0, 0.05) is 0 Å². The van der Waals surface area contributed by atoms with Crippen LogP contribution in [0.5, 0.6) is 5.75 Å². The Bertz CT molecular complexity index is 548. The van der Waals surface area contributed by atoms with Crippen LogP contribution in [0.25, 0.3) is 0 Å². The number of nitrogens with zero attached hydrogens (tertiary/aromatic N) is 1. The minimum atomic E-state index is -0.0504. The average molecular weight is 244 g/mol. The molecule has 4 heteroatoms. The molecule has 1 unspecified atom stereocenters. The molecule has 0 fully saturated rings. The lowest BCUT2D eigenvalue weighted by atomic mass is 10.1. The van der Waals surface area contributed by atoms with Crippen molar-refractivity contribution in [2.24, 2.45) is 10.7 Å². The molecule has 3 rings (SSSR count). The number of benzene rings is 1. The summed E-state index contributed by atoms with van der Waals surface area (Å²) in [4.78, 5) is 5.31. The number of thiophene rings is 1. The van der Waals surface area contributed by atoms with E-state index in [1.54, 1.807) is 11.3 Å². The molecule has 1 aromatic heterocycles. The molecule has 1 aliphatic heterocycles. The van der Waals surface area contributed by atoms with Crippen molar-refractivity contribution in [3.8, 4) is 5.75 Å². The third-order valence-corrected chi connectivity index (χ3v) is 3.65. The number of nitrogens with two attached hydrogens (primary N) is 1. The fourth-order valence-corrected chi connectivity index (χ4v) is 2.61. The molecule has 2 heterocycles. The first-order valence-electron chi connectivity index (χ1n) is 5.44. The third kappa shape index (κ3) is 1.91. The summed E-state index contributed by atoms with van der Waals surface area (Å²) in [6.07, 6.45) is -0.0504. The van der Waals surface area contributed by atoms with Gasteiger partial charge in [0.1, 0.15) is 22.6 Å². The highest BCUT2D eigenvalue weighted by Crippen LogP contribution is 2.31. The molecule has 2 N–H and O–H groups in total. The van der Waals surface area contributed by atoms with E-state index in [0.29, 0.717) is 12.4 Å². The smallest absolute Gasteiger partial charge is 0.143 e. The van der Waals surface area contributed by atoms with Crippen molar-refractivity contribution in [2.45, 2.75) is 6.10 Å². The molecule has 2 aromatic rings. The predicted molar refractivity (Wildman–Crippen MR) is 69.7 cm³/mol. The Morgan fingerprint density at radius 2 is 2.06 bits per heavy atom. The van der Waals surface area contributed by atoms with E-state index in [2.05, 4.69) is 4.99 Å². The molecule has 0 bridgehead atoms. The molecule has 86 valence electrons. The minimum Gasteiger partial charge on any atom is -0.482 e. The van der Waals surface area contributed by atoms with Crippen LogP contribution in [-0.2, 0) is 0 Å². The lowest BCUT2D eigenvalue weighted by Crippen LogP contribution is -2.11. The number of rotatable bonds is 1. The predicted octanol–water partition coefficient (Wildman–Crippen LogP) is 2.59. The molecule has 1 aromatic carbocycles. The third-order valence-electron chi connectivity index (χ3n) is 2.73. The Balaban J connectivity index is 1.97. The molecule has 1 atom stereocenters. The van der Waals surface area contributed by atoms with Crippen LogP contribution in [0.3, 0.4) is 0 Å². The number of amidine groups is 1. The highest BCUT2D eigenvalue weighted by Gasteiger charge is 2.20. The quantitative estimate of drug-likeness (QED) is 0.838. The molecular formula is C13H12N2OS. The standard InChI is InChI=1S/C13H12N2OS/c14-13-12-10(6-7-17-12)16-11(8-15-13)9-4-2-1-3-5-9/h1-7,11H,8H2,(H2,14,15). The molecule has 0 saturated heterocycles. The van der Waals surface area contributed by atoms with Gasteiger partial charge in [0.2, 0.25) is 0 Å². The monoisotopic (exact) mass is 244 g/mol. The van der Waals surface area contributed by atoms with E-state index < -0.39 is 0 Å². The van der Waals surface area contributed by atoms with E-state index >= 15 is 0 Å². The lowest BCUT2D eigenvalue weighted by Gasteiger charge is -2.15. The van der Waals surface area contributed by atoms with Crippen LogP contribution in [0.15, 0.2) is 46.8 Å². The van der Waals surface area contributed by atoms with Crippen LogP contribution in [0.2, 0.25) is 0 Å². The van der Waals surface area contributed by atoms with Crippen molar-refractivity contribution < 1.29 is 4.74 Å². The maximum absolute atomic E-state index is 5.97. The van der Waals surface area contributed by atoms with Crippen LogP contribution in [0.1, 0.15) is 16.5 Å². The first kappa shape index (κ1) is 10.4. The van der Waals surface area contributed by atoms with Crippen molar-refractivity contribution in [3.05, 3.63) is 52.2 Å². The molecule has 0 spiro atoms. The molecule has 0 radical (unpaired) electrons. The summed E-state index contributed by atoms with van der Waals surface area (Å²) >= 11 is 1.56. The largest absolute Gasteiger partial charge is 0.482 e. The van der Waals surface area contributed by atoms with Gasteiger partial charge in [0.05, 0.1) is 6.54 Å². The molecule has 17 heavy (non-hydrogen) atoms. The first-order chi connectivity index (χ1) is 8.34. The zero-order chi connectivity index (χ0) is 11.7. The summed E-state index contributed by atoms with van der Waals surface area (Å²) in [6, 6.07) is 12.1. The van der Waals surface area contributed by atoms with Crippen molar-refractivity contribution in [1.82, 2.24) is 0 Å². The van der Waals surface area contributed by atoms with E-state index in [1.807, 2.05) is 41.8 Å². The van der Waals surface area contributed by atoms with E-state index in [-0.39, 0.29) is 6.10 Å². The van der Waals surface area contributed by atoms with Gasteiger partial charge in [-0.2, -0.15) is 0 Å². The van der Waals surface area contributed by atoms with Crippen LogP contribution in [0.4, 0.5) is 0 Å². The normalized spacial score (nSPS) is 18.8. The van der Waals surface area contributed by atoms with Crippen LogP contribution in [0, 0.1) is 0 Å². The average Bonchev–Trinajstić information content (AvgIpc) is 2.77. The van der Waals surface area contributed by atoms with Gasteiger partial charge in [0.25, 0.3) is 0 Å². The Morgan fingerprint density at radius 3 is 2.88 bits per heavy atom. The first-order valence-corrected chi connectivity index (χ1v) is 6.32. The number of fused-ring (bicyclic) bond motifs is 1. The highest BCUT2D eigenvalue weighted by atomic mass is 32.1. The van der Waals surface area contributed by atoms with Crippen molar-refractivity contribution in [1.29, 1.82) is 0 Å². The SMILES string of the molecule is NC1=NCC(c2ccccc2)Oc2ccsc21. The second kappa shape index (κ2) is 4.22. The summed E-state index contributed by atoms with van der Waals surface area (Å²) in [7, 11) is 0. The van der Waals surface area contributed by atoms with Gasteiger partial charge in [-0.05, 0) is 17.0 Å². The number of hydrogen-bond acceptors (Lipinski definition) is 4. The van der Waals surface area contributed by atoms with Gasteiger partial charge < -0.3 is 10.5 Å². The fraction of sp³-hybridized carbons (Fsp3) is 0.154. The zero-order valence-corrected chi connectivity index (χ0v) is 9.98. The van der Waals surface area contributed by atoms with E-state index in [9.17, 15) is 0 Å². The minimum absolute atomic E-state index is 0.0504. The second-order valence-corrected chi connectivity index (χ2v) is 4.77. The van der Waals surface area contributed by atoms with Gasteiger partial charge in [-0.3, -0.25) is 4.99 Å². The molecule has 0 amide bonds. The van der Waals surface area contributed by atoms with Gasteiger partial charge in [-0.15, -0.1) is 11.3 Å². The van der Waals surface area contributed by atoms with Crippen molar-refractivity contribution >= 4 is 17.2 Å². The van der Waals surface area contributed by atoms with E-state index in [1.165, 1.54) is 0 Å². The second-order valence-electron chi connectivity index (χ2n) is 3.86. The summed E-state index contributed by atoms with van der Waals surface area (Å²) in [5.41, 5.74) is 7.04. The number of aliphatic imine (C=N–C) groups is 1. The summed E-state index contributed by atoms with van der Waals surface area (Å²) in [6.45, 7) is 0.567. The van der Waals surface area contributed by atoms with Crippen LogP contribution < -0.4 is 10.5 Å². The number of ether oxygens (including phenoxy) is 1.